The largest absolute Gasteiger partial charge is 0.465 e. The van der Waals surface area contributed by atoms with Gasteiger partial charge in [0, 0.05) is 11.9 Å². The van der Waals surface area contributed by atoms with Gasteiger partial charge >= 0.3 is 11.7 Å². The molecule has 0 unspecified atom stereocenters. The van der Waals surface area contributed by atoms with Gasteiger partial charge in [0.15, 0.2) is 5.16 Å². The van der Waals surface area contributed by atoms with Crippen LogP contribution in [0.2, 0.25) is 0 Å². The van der Waals surface area contributed by atoms with Gasteiger partial charge in [0.1, 0.15) is 5.65 Å². The summed E-state index contributed by atoms with van der Waals surface area (Å²) in [5.74, 6) is -0.683. The predicted molar refractivity (Wildman–Crippen MR) is 101 cm³/mol. The summed E-state index contributed by atoms with van der Waals surface area (Å²) in [5.41, 5.74) is 1.95. The first-order valence-corrected chi connectivity index (χ1v) is 8.93. The van der Waals surface area contributed by atoms with Crippen LogP contribution in [0.15, 0.2) is 52.5 Å². The number of amides is 1. The molecule has 0 atom stereocenters. The number of fused-ring (bicyclic) bond motifs is 1. The van der Waals surface area contributed by atoms with Crippen molar-refractivity contribution in [2.75, 3.05) is 18.2 Å². The second-order valence-electron chi connectivity index (χ2n) is 5.63. The molecule has 3 aromatic rings. The number of rotatable bonds is 5. The van der Waals surface area contributed by atoms with E-state index in [1.807, 2.05) is 6.92 Å². The minimum absolute atomic E-state index is 0.0418. The number of benzene rings is 1. The number of carbonyl (C=O) groups is 2. The summed E-state index contributed by atoms with van der Waals surface area (Å²) in [4.78, 5) is 43.7. The summed E-state index contributed by atoms with van der Waals surface area (Å²) >= 11 is 1.07. The van der Waals surface area contributed by atoms with Gasteiger partial charge in [-0.25, -0.2) is 14.6 Å². The monoisotopic (exact) mass is 384 g/mol. The first kappa shape index (κ1) is 18.6. The summed E-state index contributed by atoms with van der Waals surface area (Å²) in [6.45, 7) is 1.90. The Morgan fingerprint density at radius 2 is 1.93 bits per heavy atom. The fourth-order valence-electron chi connectivity index (χ4n) is 2.30. The average Bonchev–Trinajstić information content (AvgIpc) is 2.66. The average molecular weight is 384 g/mol. The van der Waals surface area contributed by atoms with Crippen molar-refractivity contribution >= 4 is 35.0 Å². The molecule has 0 saturated carbocycles. The molecule has 3 rings (SSSR count). The van der Waals surface area contributed by atoms with Crippen LogP contribution in [0.25, 0.3) is 5.65 Å². The molecule has 1 N–H and O–H groups in total. The second-order valence-corrected chi connectivity index (χ2v) is 6.57. The Balaban J connectivity index is 1.64. The maximum atomic E-state index is 12.1. The van der Waals surface area contributed by atoms with E-state index < -0.39 is 11.7 Å². The third-order valence-electron chi connectivity index (χ3n) is 3.62. The number of aryl methyl sites for hydroxylation is 1. The molecule has 1 amide bonds. The summed E-state index contributed by atoms with van der Waals surface area (Å²) in [6, 6.07) is 9.90. The number of thioether (sulfide) groups is 1. The van der Waals surface area contributed by atoms with Crippen molar-refractivity contribution in [3.8, 4) is 0 Å². The zero-order chi connectivity index (χ0) is 19.4. The number of aromatic nitrogens is 3. The van der Waals surface area contributed by atoms with Crippen molar-refractivity contribution in [2.24, 2.45) is 0 Å². The Labute approximate surface area is 158 Å². The molecule has 9 heteroatoms. The number of methoxy groups -OCH3 is 1. The Morgan fingerprint density at radius 1 is 1.19 bits per heavy atom. The zero-order valence-electron chi connectivity index (χ0n) is 14.6. The van der Waals surface area contributed by atoms with Gasteiger partial charge in [-0.15, -0.1) is 0 Å². The van der Waals surface area contributed by atoms with Gasteiger partial charge < -0.3 is 10.1 Å². The molecule has 2 heterocycles. The van der Waals surface area contributed by atoms with Gasteiger partial charge in [-0.1, -0.05) is 11.8 Å². The molecule has 8 nitrogen and oxygen atoms in total. The quantitative estimate of drug-likeness (QED) is 0.529. The van der Waals surface area contributed by atoms with E-state index in [1.54, 1.807) is 42.6 Å². The number of esters is 1. The van der Waals surface area contributed by atoms with Crippen LogP contribution in [-0.2, 0) is 9.53 Å². The summed E-state index contributed by atoms with van der Waals surface area (Å²) in [7, 11) is 1.30. The van der Waals surface area contributed by atoms with Crippen LogP contribution < -0.4 is 11.0 Å². The highest BCUT2D eigenvalue weighted by atomic mass is 32.2. The Morgan fingerprint density at radius 3 is 2.63 bits per heavy atom. The standard InChI is InChI=1S/C18H16N4O4S/c1-11-7-8-22-14(9-11)20-17(21-18(22)25)27-10-15(23)19-13-5-3-12(4-6-13)16(24)26-2/h3-9H,10H2,1-2H3,(H,19,23). The topological polar surface area (TPSA) is 103 Å². The summed E-state index contributed by atoms with van der Waals surface area (Å²) < 4.78 is 5.97. The molecule has 0 radical (unpaired) electrons. The number of nitrogens with one attached hydrogen (secondary N) is 1. The normalized spacial score (nSPS) is 10.6. The Hall–Kier alpha value is -3.20. The predicted octanol–water partition coefficient (Wildman–Crippen LogP) is 1.92. The molecule has 0 aliphatic heterocycles. The lowest BCUT2D eigenvalue weighted by molar-refractivity contribution is -0.113. The Bertz CT molecular complexity index is 1060. The SMILES string of the molecule is COC(=O)c1ccc(NC(=O)CSc2nc(=O)n3ccc(C)cc3n2)cc1. The van der Waals surface area contributed by atoms with Gasteiger partial charge in [-0.05, 0) is 48.9 Å². The minimum Gasteiger partial charge on any atom is -0.465 e. The van der Waals surface area contributed by atoms with Crippen molar-refractivity contribution in [3.05, 3.63) is 64.2 Å². The molecule has 0 aliphatic rings. The van der Waals surface area contributed by atoms with Crippen LogP contribution >= 0.6 is 11.8 Å². The Kier molecular flexibility index (Phi) is 5.51. The van der Waals surface area contributed by atoms with Gasteiger partial charge in [0.05, 0.1) is 18.4 Å². The van der Waals surface area contributed by atoms with Crippen molar-refractivity contribution in [1.82, 2.24) is 14.4 Å². The molecule has 0 spiro atoms. The molecule has 0 bridgehead atoms. The minimum atomic E-state index is -0.446. The van der Waals surface area contributed by atoms with Crippen molar-refractivity contribution < 1.29 is 14.3 Å². The smallest absolute Gasteiger partial charge is 0.355 e. The highest BCUT2D eigenvalue weighted by molar-refractivity contribution is 7.99. The molecule has 0 aliphatic carbocycles. The second kappa shape index (κ2) is 8.00. The van der Waals surface area contributed by atoms with Crippen LogP contribution in [0.3, 0.4) is 0 Å². The lowest BCUT2D eigenvalue weighted by Crippen LogP contribution is -2.20. The number of ether oxygens (including phenoxy) is 1. The third-order valence-corrected chi connectivity index (χ3v) is 4.47. The molecule has 27 heavy (non-hydrogen) atoms. The lowest BCUT2D eigenvalue weighted by Gasteiger charge is -2.06. The van der Waals surface area contributed by atoms with Crippen molar-refractivity contribution in [2.45, 2.75) is 12.1 Å². The molecular formula is C18H16N4O4S. The number of anilines is 1. The van der Waals surface area contributed by atoms with Crippen LogP contribution in [0.5, 0.6) is 0 Å². The number of pyridine rings is 1. The van der Waals surface area contributed by atoms with Crippen molar-refractivity contribution in [1.29, 1.82) is 0 Å². The summed E-state index contributed by atoms with van der Waals surface area (Å²) in [5, 5.41) is 2.94. The first-order valence-electron chi connectivity index (χ1n) is 7.94. The fourth-order valence-corrected chi connectivity index (χ4v) is 2.93. The van der Waals surface area contributed by atoms with E-state index in [0.717, 1.165) is 17.3 Å². The highest BCUT2D eigenvalue weighted by Crippen LogP contribution is 2.15. The molecule has 0 saturated heterocycles. The molecular weight excluding hydrogens is 368 g/mol. The van der Waals surface area contributed by atoms with Gasteiger partial charge in [-0.3, -0.25) is 9.20 Å². The van der Waals surface area contributed by atoms with E-state index in [2.05, 4.69) is 20.0 Å². The number of hydrogen-bond donors (Lipinski definition) is 1. The maximum Gasteiger partial charge on any atom is 0.355 e. The lowest BCUT2D eigenvalue weighted by atomic mass is 10.2. The molecule has 1 aromatic carbocycles. The van der Waals surface area contributed by atoms with Crippen molar-refractivity contribution in [3.63, 3.8) is 0 Å². The van der Waals surface area contributed by atoms with Gasteiger partial charge in [-0.2, -0.15) is 4.98 Å². The first-order chi connectivity index (χ1) is 13.0. The maximum absolute atomic E-state index is 12.1. The van der Waals surface area contributed by atoms with E-state index >= 15 is 0 Å². The van der Waals surface area contributed by atoms with E-state index in [0.29, 0.717) is 16.9 Å². The van der Waals surface area contributed by atoms with Crippen LogP contribution in [0.1, 0.15) is 15.9 Å². The molecule has 2 aromatic heterocycles. The number of carbonyl (C=O) groups excluding carboxylic acids is 2. The van der Waals surface area contributed by atoms with Crippen LogP contribution in [0.4, 0.5) is 5.69 Å². The van der Waals surface area contributed by atoms with E-state index in [1.165, 1.54) is 11.5 Å². The third kappa shape index (κ3) is 4.50. The van der Waals surface area contributed by atoms with E-state index in [4.69, 9.17) is 0 Å². The van der Waals surface area contributed by atoms with E-state index in [9.17, 15) is 14.4 Å². The van der Waals surface area contributed by atoms with Crippen LogP contribution in [-0.4, -0.2) is 39.1 Å². The number of hydrogen-bond acceptors (Lipinski definition) is 7. The fraction of sp³-hybridized carbons (Fsp3) is 0.167. The summed E-state index contributed by atoms with van der Waals surface area (Å²) in [6.07, 6.45) is 1.62. The van der Waals surface area contributed by atoms with Gasteiger partial charge in [0.2, 0.25) is 5.91 Å². The zero-order valence-corrected chi connectivity index (χ0v) is 15.4. The molecule has 0 fully saturated rings. The van der Waals surface area contributed by atoms with Gasteiger partial charge in [0.25, 0.3) is 0 Å². The number of nitrogens with zero attached hydrogens (tertiary/aromatic N) is 3. The van der Waals surface area contributed by atoms with E-state index in [-0.39, 0.29) is 16.8 Å². The molecule has 138 valence electrons. The van der Waals surface area contributed by atoms with Crippen LogP contribution in [0, 0.1) is 6.92 Å². The highest BCUT2D eigenvalue weighted by Gasteiger charge is 2.10.